The molecule has 0 fully saturated rings. The van der Waals surface area contributed by atoms with Crippen molar-refractivity contribution in [2.75, 3.05) is 0 Å². The summed E-state index contributed by atoms with van der Waals surface area (Å²) in [5.41, 5.74) is 2.63. The summed E-state index contributed by atoms with van der Waals surface area (Å²) in [6.07, 6.45) is 1.96. The number of fused-ring (bicyclic) bond motifs is 2. The standard InChI is InChI=1S/C21H14O2/c22-20-13-16(21(23)19-11-4-3-10-18(19)20)12-15-8-5-7-14-6-1-2-9-17(14)15/h1-11,13H,12H2. The van der Waals surface area contributed by atoms with Crippen LogP contribution in [0, 0.1) is 0 Å². The van der Waals surface area contributed by atoms with Crippen LogP contribution in [0.2, 0.25) is 0 Å². The average Bonchev–Trinajstić information content (AvgIpc) is 2.60. The van der Waals surface area contributed by atoms with Crippen molar-refractivity contribution >= 4 is 22.3 Å². The van der Waals surface area contributed by atoms with Crippen LogP contribution in [-0.4, -0.2) is 11.6 Å². The van der Waals surface area contributed by atoms with Gasteiger partial charge in [-0.25, -0.2) is 0 Å². The van der Waals surface area contributed by atoms with E-state index in [0.29, 0.717) is 23.1 Å². The minimum atomic E-state index is -0.0876. The minimum Gasteiger partial charge on any atom is -0.289 e. The van der Waals surface area contributed by atoms with Crippen molar-refractivity contribution in [1.82, 2.24) is 0 Å². The van der Waals surface area contributed by atoms with Gasteiger partial charge in [-0.3, -0.25) is 9.59 Å². The van der Waals surface area contributed by atoms with Crippen LogP contribution in [0.25, 0.3) is 10.8 Å². The van der Waals surface area contributed by atoms with E-state index in [1.54, 1.807) is 24.3 Å². The molecule has 0 atom stereocenters. The molecule has 3 aromatic rings. The smallest absolute Gasteiger partial charge is 0.190 e. The highest BCUT2D eigenvalue weighted by molar-refractivity contribution is 6.24. The fourth-order valence-electron chi connectivity index (χ4n) is 3.15. The normalized spacial score (nSPS) is 13.8. The molecule has 23 heavy (non-hydrogen) atoms. The Bertz CT molecular complexity index is 975. The van der Waals surface area contributed by atoms with E-state index in [-0.39, 0.29) is 11.6 Å². The first-order valence-corrected chi connectivity index (χ1v) is 7.59. The molecule has 1 aliphatic carbocycles. The molecule has 0 aromatic heterocycles. The molecule has 0 spiro atoms. The van der Waals surface area contributed by atoms with Crippen molar-refractivity contribution in [3.63, 3.8) is 0 Å². The number of allylic oxidation sites excluding steroid dienone is 2. The first-order valence-electron chi connectivity index (χ1n) is 7.59. The lowest BCUT2D eigenvalue weighted by Gasteiger charge is -2.15. The van der Waals surface area contributed by atoms with E-state index < -0.39 is 0 Å². The van der Waals surface area contributed by atoms with Crippen LogP contribution in [-0.2, 0) is 6.42 Å². The van der Waals surface area contributed by atoms with Gasteiger partial charge < -0.3 is 0 Å². The van der Waals surface area contributed by atoms with Crippen molar-refractivity contribution in [3.8, 4) is 0 Å². The Morgan fingerprint density at radius 1 is 0.696 bits per heavy atom. The molecule has 0 saturated carbocycles. The fourth-order valence-corrected chi connectivity index (χ4v) is 3.15. The Hall–Kier alpha value is -3.00. The summed E-state index contributed by atoms with van der Waals surface area (Å²) in [6.45, 7) is 0. The van der Waals surface area contributed by atoms with Gasteiger partial charge >= 0.3 is 0 Å². The van der Waals surface area contributed by atoms with Crippen LogP contribution < -0.4 is 0 Å². The number of Topliss-reactive ketones (excluding diaryl/α,β-unsaturated/α-hetero) is 1. The quantitative estimate of drug-likeness (QED) is 0.703. The lowest BCUT2D eigenvalue weighted by atomic mass is 9.86. The van der Waals surface area contributed by atoms with Crippen molar-refractivity contribution in [2.24, 2.45) is 0 Å². The fraction of sp³-hybridized carbons (Fsp3) is 0.0476. The molecule has 3 aromatic carbocycles. The Balaban J connectivity index is 1.77. The molecule has 0 aliphatic heterocycles. The number of rotatable bonds is 2. The summed E-state index contributed by atoms with van der Waals surface area (Å²) in [4.78, 5) is 24.9. The predicted molar refractivity (Wildman–Crippen MR) is 90.8 cm³/mol. The van der Waals surface area contributed by atoms with Crippen LogP contribution in [0.15, 0.2) is 78.4 Å². The number of hydrogen-bond donors (Lipinski definition) is 0. The zero-order chi connectivity index (χ0) is 15.8. The second-order valence-corrected chi connectivity index (χ2v) is 5.72. The second kappa shape index (κ2) is 5.33. The van der Waals surface area contributed by atoms with E-state index >= 15 is 0 Å². The molecule has 0 unspecified atom stereocenters. The minimum absolute atomic E-state index is 0.0480. The number of carbonyl (C=O) groups is 2. The molecule has 0 amide bonds. The topological polar surface area (TPSA) is 34.1 Å². The van der Waals surface area contributed by atoms with Crippen LogP contribution in [0.1, 0.15) is 26.3 Å². The molecule has 2 nitrogen and oxygen atoms in total. The SMILES string of the molecule is O=C1C=C(Cc2cccc3ccccc23)C(=O)c2ccccc21. The van der Waals surface area contributed by atoms with Gasteiger partial charge in [0, 0.05) is 23.1 Å². The lowest BCUT2D eigenvalue weighted by molar-refractivity contribution is 0.0982. The van der Waals surface area contributed by atoms with E-state index in [1.165, 1.54) is 6.08 Å². The van der Waals surface area contributed by atoms with Crippen molar-refractivity contribution in [3.05, 3.63) is 95.1 Å². The molecule has 2 heteroatoms. The van der Waals surface area contributed by atoms with E-state index in [2.05, 4.69) is 12.1 Å². The van der Waals surface area contributed by atoms with E-state index in [0.717, 1.165) is 16.3 Å². The molecular formula is C21H14O2. The lowest BCUT2D eigenvalue weighted by Crippen LogP contribution is -2.18. The second-order valence-electron chi connectivity index (χ2n) is 5.72. The highest BCUT2D eigenvalue weighted by atomic mass is 16.1. The maximum atomic E-state index is 12.7. The van der Waals surface area contributed by atoms with Gasteiger partial charge in [0.05, 0.1) is 0 Å². The third-order valence-electron chi connectivity index (χ3n) is 4.29. The Morgan fingerprint density at radius 2 is 1.39 bits per heavy atom. The monoisotopic (exact) mass is 298 g/mol. The van der Waals surface area contributed by atoms with E-state index in [9.17, 15) is 9.59 Å². The summed E-state index contributed by atoms with van der Waals surface area (Å²) < 4.78 is 0. The largest absolute Gasteiger partial charge is 0.289 e. The molecule has 0 saturated heterocycles. The zero-order valence-corrected chi connectivity index (χ0v) is 12.5. The third kappa shape index (κ3) is 2.29. The highest BCUT2D eigenvalue weighted by Gasteiger charge is 2.25. The molecule has 4 rings (SSSR count). The van der Waals surface area contributed by atoms with Gasteiger partial charge in [0.2, 0.25) is 0 Å². The van der Waals surface area contributed by atoms with Gasteiger partial charge in [-0.15, -0.1) is 0 Å². The Kier molecular flexibility index (Phi) is 3.16. The Morgan fingerprint density at radius 3 is 2.26 bits per heavy atom. The van der Waals surface area contributed by atoms with Crippen LogP contribution in [0.3, 0.4) is 0 Å². The maximum absolute atomic E-state index is 12.7. The maximum Gasteiger partial charge on any atom is 0.190 e. The van der Waals surface area contributed by atoms with Crippen LogP contribution in [0.5, 0.6) is 0 Å². The van der Waals surface area contributed by atoms with E-state index in [4.69, 9.17) is 0 Å². The van der Waals surface area contributed by atoms with Gasteiger partial charge in [-0.2, -0.15) is 0 Å². The number of benzene rings is 3. The number of hydrogen-bond acceptors (Lipinski definition) is 2. The first kappa shape index (κ1) is 13.6. The molecule has 110 valence electrons. The van der Waals surface area contributed by atoms with E-state index in [1.807, 2.05) is 30.3 Å². The van der Waals surface area contributed by atoms with Crippen molar-refractivity contribution in [1.29, 1.82) is 0 Å². The molecule has 0 bridgehead atoms. The summed E-state index contributed by atoms with van der Waals surface area (Å²) >= 11 is 0. The third-order valence-corrected chi connectivity index (χ3v) is 4.29. The molecule has 0 radical (unpaired) electrons. The summed E-state index contributed by atoms with van der Waals surface area (Å²) in [5.74, 6) is -0.136. The summed E-state index contributed by atoms with van der Waals surface area (Å²) in [7, 11) is 0. The van der Waals surface area contributed by atoms with Gasteiger partial charge in [-0.1, -0.05) is 66.7 Å². The number of carbonyl (C=O) groups excluding carboxylic acids is 2. The van der Waals surface area contributed by atoms with Crippen LogP contribution in [0.4, 0.5) is 0 Å². The molecular weight excluding hydrogens is 284 g/mol. The number of ketones is 2. The highest BCUT2D eigenvalue weighted by Crippen LogP contribution is 2.26. The predicted octanol–water partition coefficient (Wildman–Crippen LogP) is 4.39. The van der Waals surface area contributed by atoms with Crippen molar-refractivity contribution in [2.45, 2.75) is 6.42 Å². The first-order chi connectivity index (χ1) is 11.2. The zero-order valence-electron chi connectivity index (χ0n) is 12.5. The Labute approximate surface area is 134 Å². The average molecular weight is 298 g/mol. The van der Waals surface area contributed by atoms with Gasteiger partial charge in [0.1, 0.15) is 0 Å². The molecule has 0 heterocycles. The van der Waals surface area contributed by atoms with Gasteiger partial charge in [0.25, 0.3) is 0 Å². The van der Waals surface area contributed by atoms with Crippen molar-refractivity contribution < 1.29 is 9.59 Å². The van der Waals surface area contributed by atoms with Crippen LogP contribution >= 0.6 is 0 Å². The molecule has 1 aliphatic rings. The summed E-state index contributed by atoms with van der Waals surface area (Å²) in [5, 5.41) is 2.26. The summed E-state index contributed by atoms with van der Waals surface area (Å²) in [6, 6.07) is 21.2. The van der Waals surface area contributed by atoms with Gasteiger partial charge in [-0.05, 0) is 22.4 Å². The van der Waals surface area contributed by atoms with Gasteiger partial charge in [0.15, 0.2) is 11.6 Å². The molecule has 0 N–H and O–H groups in total.